The van der Waals surface area contributed by atoms with Gasteiger partial charge in [-0.1, -0.05) is 29.8 Å². The van der Waals surface area contributed by atoms with Crippen molar-refractivity contribution in [2.45, 2.75) is 19.6 Å². The third-order valence-electron chi connectivity index (χ3n) is 3.13. The quantitative estimate of drug-likeness (QED) is 0.775. The summed E-state index contributed by atoms with van der Waals surface area (Å²) in [6, 6.07) is 12.7. The monoisotopic (exact) mass is 353 g/mol. The summed E-state index contributed by atoms with van der Waals surface area (Å²) in [6.45, 7) is 4.48. The summed E-state index contributed by atoms with van der Waals surface area (Å²) in [4.78, 5) is 0. The molecule has 0 fully saturated rings. The highest BCUT2D eigenvalue weighted by atomic mass is 35.5. The van der Waals surface area contributed by atoms with Crippen LogP contribution in [0.5, 0.6) is 5.75 Å². The fraction of sp³-hybridized carbons (Fsp3) is 0.294. The van der Waals surface area contributed by atoms with E-state index in [4.69, 9.17) is 16.3 Å². The molecule has 124 valence electrons. The van der Waals surface area contributed by atoms with Crippen LogP contribution in [0.2, 0.25) is 5.02 Å². The zero-order valence-corrected chi connectivity index (χ0v) is 14.7. The van der Waals surface area contributed by atoms with E-state index in [1.165, 1.54) is 0 Å². The van der Waals surface area contributed by atoms with Crippen molar-refractivity contribution >= 4 is 21.6 Å². The minimum atomic E-state index is -3.41. The Hall–Kier alpha value is -1.56. The highest BCUT2D eigenvalue weighted by molar-refractivity contribution is 7.88. The molecular formula is C17H20ClNO3S. The Balaban J connectivity index is 1.83. The van der Waals surface area contributed by atoms with Gasteiger partial charge in [-0.05, 0) is 54.8 Å². The molecule has 0 aromatic heterocycles. The smallest absolute Gasteiger partial charge is 0.215 e. The lowest BCUT2D eigenvalue weighted by Crippen LogP contribution is -2.29. The van der Waals surface area contributed by atoms with E-state index in [0.29, 0.717) is 10.6 Å². The van der Waals surface area contributed by atoms with Crippen LogP contribution in [0.15, 0.2) is 42.5 Å². The Morgan fingerprint density at radius 2 is 1.78 bits per heavy atom. The van der Waals surface area contributed by atoms with E-state index in [0.717, 1.165) is 16.9 Å². The van der Waals surface area contributed by atoms with Crippen LogP contribution in [0.4, 0.5) is 0 Å². The lowest BCUT2D eigenvalue weighted by Gasteiger charge is -2.10. The van der Waals surface area contributed by atoms with Crippen molar-refractivity contribution < 1.29 is 13.2 Å². The maximum absolute atomic E-state index is 12.0. The number of aryl methyl sites for hydroxylation is 2. The number of rotatable bonds is 7. The highest BCUT2D eigenvalue weighted by Gasteiger charge is 2.11. The SMILES string of the molecule is Cc1cc(C)cc(OCCNS(=O)(=O)Cc2cccc(Cl)c2)c1. The molecule has 1 N–H and O–H groups in total. The first kappa shape index (κ1) is 17.8. The summed E-state index contributed by atoms with van der Waals surface area (Å²) in [5.41, 5.74) is 2.88. The summed E-state index contributed by atoms with van der Waals surface area (Å²) in [7, 11) is -3.41. The van der Waals surface area contributed by atoms with Crippen LogP contribution in [-0.2, 0) is 15.8 Å². The second kappa shape index (κ2) is 7.81. The molecule has 0 heterocycles. The van der Waals surface area contributed by atoms with Crippen molar-refractivity contribution in [3.05, 3.63) is 64.2 Å². The van der Waals surface area contributed by atoms with Gasteiger partial charge < -0.3 is 4.74 Å². The molecule has 0 amide bonds. The Bertz CT molecular complexity index is 755. The van der Waals surface area contributed by atoms with Crippen molar-refractivity contribution in [1.82, 2.24) is 4.72 Å². The number of sulfonamides is 1. The van der Waals surface area contributed by atoms with Crippen LogP contribution < -0.4 is 9.46 Å². The van der Waals surface area contributed by atoms with Gasteiger partial charge in [-0.25, -0.2) is 13.1 Å². The molecule has 0 saturated carbocycles. The molecule has 0 unspecified atom stereocenters. The zero-order valence-electron chi connectivity index (χ0n) is 13.2. The van der Waals surface area contributed by atoms with Gasteiger partial charge in [0.15, 0.2) is 0 Å². The first-order valence-electron chi connectivity index (χ1n) is 7.27. The molecular weight excluding hydrogens is 334 g/mol. The average Bonchev–Trinajstić information content (AvgIpc) is 2.42. The predicted molar refractivity (Wildman–Crippen MR) is 93.5 cm³/mol. The lowest BCUT2D eigenvalue weighted by atomic mass is 10.1. The van der Waals surface area contributed by atoms with E-state index >= 15 is 0 Å². The fourth-order valence-corrected chi connectivity index (χ4v) is 3.61. The Kier molecular flexibility index (Phi) is 6.04. The number of benzene rings is 2. The summed E-state index contributed by atoms with van der Waals surface area (Å²) in [5.74, 6) is 0.647. The Morgan fingerprint density at radius 1 is 1.09 bits per heavy atom. The van der Waals surface area contributed by atoms with E-state index < -0.39 is 10.0 Å². The highest BCUT2D eigenvalue weighted by Crippen LogP contribution is 2.16. The van der Waals surface area contributed by atoms with Gasteiger partial charge in [-0.3, -0.25) is 0 Å². The van der Waals surface area contributed by atoms with Crippen LogP contribution in [0.25, 0.3) is 0 Å². The van der Waals surface area contributed by atoms with Crippen molar-refractivity contribution in [2.24, 2.45) is 0 Å². The van der Waals surface area contributed by atoms with Crippen molar-refractivity contribution in [1.29, 1.82) is 0 Å². The Labute approximate surface area is 142 Å². The number of halogens is 1. The van der Waals surface area contributed by atoms with E-state index in [1.54, 1.807) is 24.3 Å². The number of nitrogens with one attached hydrogen (secondary N) is 1. The molecule has 0 saturated heterocycles. The van der Waals surface area contributed by atoms with Gasteiger partial charge in [0.2, 0.25) is 10.0 Å². The minimum Gasteiger partial charge on any atom is -0.492 e. The van der Waals surface area contributed by atoms with Gasteiger partial charge in [0.1, 0.15) is 12.4 Å². The van der Waals surface area contributed by atoms with E-state index in [2.05, 4.69) is 10.8 Å². The predicted octanol–water partition coefficient (Wildman–Crippen LogP) is 3.46. The van der Waals surface area contributed by atoms with Gasteiger partial charge in [-0.2, -0.15) is 0 Å². The molecule has 2 rings (SSSR count). The van der Waals surface area contributed by atoms with E-state index in [-0.39, 0.29) is 18.9 Å². The molecule has 0 radical (unpaired) electrons. The molecule has 2 aromatic rings. The van der Waals surface area contributed by atoms with Crippen LogP contribution >= 0.6 is 11.6 Å². The summed E-state index contributed by atoms with van der Waals surface area (Å²) in [5, 5.41) is 0.524. The van der Waals surface area contributed by atoms with Crippen LogP contribution in [-0.4, -0.2) is 21.6 Å². The van der Waals surface area contributed by atoms with Crippen molar-refractivity contribution in [3.63, 3.8) is 0 Å². The molecule has 0 bridgehead atoms. The molecule has 23 heavy (non-hydrogen) atoms. The summed E-state index contributed by atoms with van der Waals surface area (Å²) in [6.07, 6.45) is 0. The minimum absolute atomic E-state index is 0.100. The van der Waals surface area contributed by atoms with Gasteiger partial charge in [0.05, 0.1) is 5.75 Å². The first-order valence-corrected chi connectivity index (χ1v) is 9.30. The fourth-order valence-electron chi connectivity index (χ4n) is 2.28. The summed E-state index contributed by atoms with van der Waals surface area (Å²) < 4.78 is 32.2. The van der Waals surface area contributed by atoms with Crippen LogP contribution in [0.3, 0.4) is 0 Å². The second-order valence-corrected chi connectivity index (χ2v) is 7.70. The molecule has 2 aromatic carbocycles. The number of hydrogen-bond donors (Lipinski definition) is 1. The molecule has 6 heteroatoms. The number of hydrogen-bond acceptors (Lipinski definition) is 3. The molecule has 0 aliphatic rings. The maximum Gasteiger partial charge on any atom is 0.215 e. The summed E-state index contributed by atoms with van der Waals surface area (Å²) >= 11 is 5.86. The third kappa shape index (κ3) is 6.22. The third-order valence-corrected chi connectivity index (χ3v) is 4.73. The van der Waals surface area contributed by atoms with Crippen molar-refractivity contribution in [2.75, 3.05) is 13.2 Å². The molecule has 0 aliphatic heterocycles. The lowest BCUT2D eigenvalue weighted by molar-refractivity contribution is 0.322. The van der Waals surface area contributed by atoms with Crippen LogP contribution in [0, 0.1) is 13.8 Å². The average molecular weight is 354 g/mol. The normalized spacial score (nSPS) is 11.4. The Morgan fingerprint density at radius 3 is 2.43 bits per heavy atom. The molecule has 0 spiro atoms. The standard InChI is InChI=1S/C17H20ClNO3S/c1-13-8-14(2)10-17(9-13)22-7-6-19-23(20,21)12-15-4-3-5-16(18)11-15/h3-5,8-11,19H,6-7,12H2,1-2H3. The topological polar surface area (TPSA) is 55.4 Å². The van der Waals surface area contributed by atoms with E-state index in [9.17, 15) is 8.42 Å². The molecule has 0 aliphatic carbocycles. The molecule has 4 nitrogen and oxygen atoms in total. The first-order chi connectivity index (χ1) is 10.8. The van der Waals surface area contributed by atoms with Gasteiger partial charge in [0.25, 0.3) is 0 Å². The van der Waals surface area contributed by atoms with Gasteiger partial charge >= 0.3 is 0 Å². The molecule has 0 atom stereocenters. The van der Waals surface area contributed by atoms with Crippen molar-refractivity contribution in [3.8, 4) is 5.75 Å². The zero-order chi connectivity index (χ0) is 16.9. The maximum atomic E-state index is 12.0. The van der Waals surface area contributed by atoms with E-state index in [1.807, 2.05) is 26.0 Å². The second-order valence-electron chi connectivity index (χ2n) is 5.46. The van der Waals surface area contributed by atoms with Gasteiger partial charge in [-0.15, -0.1) is 0 Å². The van der Waals surface area contributed by atoms with Crippen LogP contribution in [0.1, 0.15) is 16.7 Å². The van der Waals surface area contributed by atoms with Gasteiger partial charge in [0, 0.05) is 11.6 Å². The number of ether oxygens (including phenoxy) is 1. The largest absolute Gasteiger partial charge is 0.492 e.